The number of carbonyl (C=O) groups is 7. The molecular formula is C46H57Cl6NO18. The van der Waals surface area contributed by atoms with Gasteiger partial charge in [0.1, 0.15) is 43.2 Å². The van der Waals surface area contributed by atoms with E-state index in [1.165, 1.54) is 52.0 Å². The number of esters is 3. The lowest BCUT2D eigenvalue weighted by atomic mass is 9.44. The summed E-state index contributed by atoms with van der Waals surface area (Å²) in [4.78, 5) is 98.6. The van der Waals surface area contributed by atoms with Crippen LogP contribution in [0.3, 0.4) is 0 Å². The molecule has 0 spiro atoms. The Morgan fingerprint density at radius 1 is 0.873 bits per heavy atom. The predicted octanol–water partition coefficient (Wildman–Crippen LogP) is 7.61. The highest BCUT2D eigenvalue weighted by molar-refractivity contribution is 6.68. The molecule has 3 fully saturated rings. The first-order valence-corrected chi connectivity index (χ1v) is 24.6. The van der Waals surface area contributed by atoms with Crippen molar-refractivity contribution in [3.05, 3.63) is 47.0 Å². The molecule has 71 heavy (non-hydrogen) atoms. The summed E-state index contributed by atoms with van der Waals surface area (Å²) < 4.78 is 47.5. The summed E-state index contributed by atoms with van der Waals surface area (Å²) in [6, 6.07) is 6.15. The smallest absolute Gasteiger partial charge is 0.456 e. The quantitative estimate of drug-likeness (QED) is 0.0743. The molecular weight excluding hydrogens is 1070 g/mol. The van der Waals surface area contributed by atoms with Gasteiger partial charge in [0, 0.05) is 25.2 Å². The first-order valence-electron chi connectivity index (χ1n) is 22.3. The van der Waals surface area contributed by atoms with Crippen molar-refractivity contribution in [1.29, 1.82) is 0 Å². The fourth-order valence-electron chi connectivity index (χ4n) is 10.0. The van der Waals surface area contributed by atoms with Crippen molar-refractivity contribution >= 4 is 112 Å². The third-order valence-electron chi connectivity index (χ3n) is 13.5. The molecule has 19 nitrogen and oxygen atoms in total. The van der Waals surface area contributed by atoms with E-state index >= 15 is 4.79 Å². The number of alkyl halides is 6. The molecule has 3 N–H and O–H groups in total. The Bertz CT molecular complexity index is 2250. The summed E-state index contributed by atoms with van der Waals surface area (Å²) in [5, 5.41) is 28.1. The summed E-state index contributed by atoms with van der Waals surface area (Å²) in [6.45, 7) is 11.0. The molecule has 0 radical (unpaired) electrons. The van der Waals surface area contributed by atoms with Crippen LogP contribution in [0.25, 0.3) is 0 Å². The largest absolute Gasteiger partial charge is 0.509 e. The summed E-state index contributed by atoms with van der Waals surface area (Å²) >= 11 is 35.3. The third kappa shape index (κ3) is 12.4. The lowest BCUT2D eigenvalue weighted by Crippen LogP contribution is -2.82. The van der Waals surface area contributed by atoms with E-state index in [-0.39, 0.29) is 23.3 Å². The molecule has 1 aromatic carbocycles. The van der Waals surface area contributed by atoms with E-state index in [2.05, 4.69) is 5.32 Å². The Kier molecular flexibility index (Phi) is 17.9. The summed E-state index contributed by atoms with van der Waals surface area (Å²) in [6.07, 6.45) is -15.8. The molecule has 2 bridgehead atoms. The van der Waals surface area contributed by atoms with Crippen LogP contribution in [0, 0.1) is 22.2 Å². The minimum absolute atomic E-state index is 0.0273. The van der Waals surface area contributed by atoms with Crippen LogP contribution in [0.2, 0.25) is 0 Å². The number of benzene rings is 1. The van der Waals surface area contributed by atoms with Gasteiger partial charge in [0.05, 0.1) is 36.2 Å². The summed E-state index contributed by atoms with van der Waals surface area (Å²) in [5.41, 5.74) is -10.3. The van der Waals surface area contributed by atoms with Gasteiger partial charge in [-0.3, -0.25) is 9.59 Å². The normalized spacial score (nSPS) is 30.0. The second-order valence-electron chi connectivity index (χ2n) is 19.7. The Balaban J connectivity index is 1.82. The van der Waals surface area contributed by atoms with E-state index in [9.17, 15) is 39.0 Å². The molecule has 3 aliphatic carbocycles. The molecule has 1 saturated heterocycles. The van der Waals surface area contributed by atoms with Crippen LogP contribution in [0.4, 0.5) is 14.4 Å². The van der Waals surface area contributed by atoms with Gasteiger partial charge in [-0.25, -0.2) is 24.0 Å². The van der Waals surface area contributed by atoms with E-state index in [1.807, 2.05) is 0 Å². The topological polar surface area (TPSA) is 255 Å². The SMILES string of the molecule is CCCOC(=O)N[C@H]([C@@H](O)C(=O)O[C@H]1C[C@@]2(O)[C@@H](OC(=O)c3ccccc3)[C@@H]3[C@]4(OC(C)=O)CO[C@@H]4C[C@H](OC(=O)OCC(Cl)(Cl)Cl)[C@@]3(C)C(=O)[C@H](OC(=O)OCC(Cl)(Cl)Cl)C(=C1C)C2(C)C)C(C)(C)C. The van der Waals surface area contributed by atoms with Crippen molar-refractivity contribution < 1.29 is 86.4 Å². The maximum atomic E-state index is 16.2. The molecule has 5 rings (SSSR count). The number of aliphatic hydroxyl groups excluding tert-OH is 1. The average Bonchev–Trinajstić information content (AvgIpc) is 3.25. The minimum atomic E-state index is -2.63. The van der Waals surface area contributed by atoms with Crippen LogP contribution < -0.4 is 5.32 Å². The zero-order chi connectivity index (χ0) is 53.4. The van der Waals surface area contributed by atoms with Crippen molar-refractivity contribution in [2.75, 3.05) is 26.4 Å². The number of halogens is 6. The van der Waals surface area contributed by atoms with Crippen molar-refractivity contribution in [1.82, 2.24) is 5.32 Å². The van der Waals surface area contributed by atoms with E-state index < -0.39 is 158 Å². The fraction of sp³-hybridized carbons (Fsp3) is 0.674. The maximum Gasteiger partial charge on any atom is 0.509 e. The lowest BCUT2D eigenvalue weighted by molar-refractivity contribution is -0.346. The average molecular weight is 1120 g/mol. The first kappa shape index (κ1) is 58.4. The number of alkyl carbamates (subject to hydrolysis) is 1. The van der Waals surface area contributed by atoms with Crippen LogP contribution >= 0.6 is 69.6 Å². The number of Topliss-reactive ketones (excluding diaryl/α,β-unsaturated/α-hetero) is 1. The van der Waals surface area contributed by atoms with Gasteiger partial charge in [-0.15, -0.1) is 0 Å². The standard InChI is InChI=1S/C46H57Cl6NO18/c1-10-16-63-37(59)53-32(40(4,5)6)29(55)36(58)67-25-18-44(62)34(70-35(57)24-14-12-11-13-15-24)31-42(9,33(56)30(28(22(25)2)41(44,7)8)69-39(61)66-21-46(50,51)52)26(68-38(60)65-20-45(47,48)49)17-27-43(31,19-64-27)71-23(3)54/h11-15,25-27,29-32,34,55,62H,10,16-21H2,1-9H3,(H,53,59)/t25-,26-,27+,29+,30+,31-,32+,34-,42+,43-,44+/m0/s1. The number of aliphatic hydroxyl groups is 2. The Morgan fingerprint density at radius 3 is 1.96 bits per heavy atom. The van der Waals surface area contributed by atoms with Crippen LogP contribution in [0.5, 0.6) is 0 Å². The van der Waals surface area contributed by atoms with Crippen LogP contribution in [0.15, 0.2) is 41.5 Å². The lowest BCUT2D eigenvalue weighted by Gasteiger charge is -2.67. The zero-order valence-electron chi connectivity index (χ0n) is 40.1. The van der Waals surface area contributed by atoms with Crippen LogP contribution in [0.1, 0.15) is 91.9 Å². The van der Waals surface area contributed by atoms with Crippen molar-refractivity contribution in [2.24, 2.45) is 22.2 Å². The number of amides is 1. The van der Waals surface area contributed by atoms with Crippen molar-refractivity contribution in [3.63, 3.8) is 0 Å². The molecule has 4 aliphatic rings. The Hall–Kier alpha value is -3.53. The predicted molar refractivity (Wildman–Crippen MR) is 254 cm³/mol. The van der Waals surface area contributed by atoms with Gasteiger partial charge in [0.2, 0.25) is 7.59 Å². The molecule has 2 saturated carbocycles. The first-order chi connectivity index (χ1) is 32.6. The zero-order valence-corrected chi connectivity index (χ0v) is 44.7. The second kappa shape index (κ2) is 21.7. The number of ether oxygens (including phenoxy) is 9. The molecule has 1 aliphatic heterocycles. The summed E-state index contributed by atoms with van der Waals surface area (Å²) in [5.74, 6) is -6.29. The number of hydrogen-bond donors (Lipinski definition) is 3. The van der Waals surface area contributed by atoms with Crippen molar-refractivity contribution in [3.8, 4) is 0 Å². The van der Waals surface area contributed by atoms with Gasteiger partial charge in [-0.1, -0.05) is 129 Å². The highest BCUT2D eigenvalue weighted by atomic mass is 35.6. The van der Waals surface area contributed by atoms with Crippen LogP contribution in [-0.2, 0) is 57.0 Å². The van der Waals surface area contributed by atoms with Crippen molar-refractivity contribution in [2.45, 2.75) is 143 Å². The number of ketones is 1. The Labute approximate surface area is 439 Å². The van der Waals surface area contributed by atoms with Crippen LogP contribution in [-0.4, -0.2) is 140 Å². The van der Waals surface area contributed by atoms with Gasteiger partial charge in [-0.2, -0.15) is 0 Å². The van der Waals surface area contributed by atoms with Gasteiger partial charge < -0.3 is 58.2 Å². The van der Waals surface area contributed by atoms with Gasteiger partial charge in [0.25, 0.3) is 0 Å². The van der Waals surface area contributed by atoms with Gasteiger partial charge in [-0.05, 0) is 49.0 Å². The van der Waals surface area contributed by atoms with E-state index in [0.29, 0.717) is 6.42 Å². The molecule has 0 aromatic heterocycles. The molecule has 396 valence electrons. The second-order valence-corrected chi connectivity index (χ2v) is 24.7. The Morgan fingerprint density at radius 2 is 1.45 bits per heavy atom. The number of carbonyl (C=O) groups excluding carboxylic acids is 7. The number of nitrogens with one attached hydrogen (secondary N) is 1. The van der Waals surface area contributed by atoms with Gasteiger partial charge >= 0.3 is 36.3 Å². The fourth-order valence-corrected chi connectivity index (χ4v) is 10.4. The number of rotatable bonds is 13. The molecule has 25 heteroatoms. The van der Waals surface area contributed by atoms with E-state index in [0.717, 1.165) is 6.92 Å². The van der Waals surface area contributed by atoms with Gasteiger partial charge in [0.15, 0.2) is 23.6 Å². The molecule has 1 amide bonds. The minimum Gasteiger partial charge on any atom is -0.456 e. The van der Waals surface area contributed by atoms with E-state index in [1.54, 1.807) is 33.8 Å². The molecule has 1 heterocycles. The molecule has 11 atom stereocenters. The number of hydrogen-bond acceptors (Lipinski definition) is 18. The highest BCUT2D eigenvalue weighted by Gasteiger charge is 2.79. The van der Waals surface area contributed by atoms with E-state index in [4.69, 9.17) is 112 Å². The molecule has 1 aromatic rings. The summed E-state index contributed by atoms with van der Waals surface area (Å²) in [7, 11) is 0. The maximum absolute atomic E-state index is 16.2. The number of fused-ring (bicyclic) bond motifs is 5. The third-order valence-corrected chi connectivity index (χ3v) is 14.1. The highest BCUT2D eigenvalue weighted by Crippen LogP contribution is 2.65. The monoisotopic (exact) mass is 1120 g/mol. The molecule has 0 unspecified atom stereocenters.